The molecule has 0 aromatic heterocycles. The Balaban J connectivity index is 2.32. The molecule has 2 atom stereocenters. The Kier molecular flexibility index (Phi) is 3.30. The topological polar surface area (TPSA) is 80.4 Å². The van der Waals surface area contributed by atoms with E-state index in [4.69, 9.17) is 5.73 Å². The summed E-state index contributed by atoms with van der Waals surface area (Å²) < 4.78 is 23.5. The Hall–Kier alpha value is -0.130. The molecule has 0 aromatic rings. The number of hydrogen-bond donors (Lipinski definition) is 2. The Labute approximate surface area is 104 Å². The van der Waals surface area contributed by atoms with Crippen LogP contribution in [-0.4, -0.2) is 37.2 Å². The highest BCUT2D eigenvalue weighted by atomic mass is 32.2. The quantitative estimate of drug-likeness (QED) is 0.763. The van der Waals surface area contributed by atoms with Gasteiger partial charge in [0.2, 0.25) is 0 Å². The second kappa shape index (κ2) is 4.21. The van der Waals surface area contributed by atoms with Gasteiger partial charge in [0.15, 0.2) is 9.84 Å². The molecule has 3 N–H and O–H groups in total. The van der Waals surface area contributed by atoms with Crippen molar-refractivity contribution in [2.75, 3.05) is 18.1 Å². The third kappa shape index (κ3) is 2.13. The van der Waals surface area contributed by atoms with Gasteiger partial charge in [-0.15, -0.1) is 0 Å². The highest BCUT2D eigenvalue weighted by molar-refractivity contribution is 7.91. The van der Waals surface area contributed by atoms with Crippen molar-refractivity contribution in [3.8, 4) is 0 Å². The maximum atomic E-state index is 11.7. The van der Waals surface area contributed by atoms with Gasteiger partial charge in [-0.1, -0.05) is 13.3 Å². The van der Waals surface area contributed by atoms with Gasteiger partial charge in [-0.25, -0.2) is 8.42 Å². The molecular weight excluding hydrogens is 238 g/mol. The molecule has 1 aliphatic heterocycles. The number of sulfone groups is 1. The number of rotatable bonds is 5. The van der Waals surface area contributed by atoms with Crippen molar-refractivity contribution >= 4 is 9.84 Å². The molecule has 17 heavy (non-hydrogen) atoms. The molecule has 2 rings (SSSR count). The molecule has 0 aromatic carbocycles. The zero-order valence-corrected chi connectivity index (χ0v) is 11.3. The molecule has 0 spiro atoms. The fraction of sp³-hybridized carbons (Fsp3) is 1.00. The lowest BCUT2D eigenvalue weighted by molar-refractivity contribution is -0.0930. The smallest absolute Gasteiger partial charge is 0.151 e. The zero-order valence-electron chi connectivity index (χ0n) is 10.5. The molecule has 5 heteroatoms. The lowest BCUT2D eigenvalue weighted by Gasteiger charge is -2.44. The largest absolute Gasteiger partial charge is 0.389 e. The summed E-state index contributed by atoms with van der Waals surface area (Å²) in [5.41, 5.74) is 4.39. The van der Waals surface area contributed by atoms with E-state index in [0.717, 1.165) is 19.3 Å². The Morgan fingerprint density at radius 2 is 2.12 bits per heavy atom. The third-order valence-corrected chi connectivity index (χ3v) is 6.40. The molecule has 0 bridgehead atoms. The summed E-state index contributed by atoms with van der Waals surface area (Å²) in [6.45, 7) is 2.31. The molecule has 4 nitrogen and oxygen atoms in total. The van der Waals surface area contributed by atoms with E-state index in [9.17, 15) is 13.5 Å². The number of hydrogen-bond acceptors (Lipinski definition) is 4. The van der Waals surface area contributed by atoms with Gasteiger partial charge in [-0.3, -0.25) is 0 Å². The summed E-state index contributed by atoms with van der Waals surface area (Å²) in [6.07, 6.45) is 4.09. The van der Waals surface area contributed by atoms with E-state index < -0.39 is 20.9 Å². The average molecular weight is 261 g/mol. The van der Waals surface area contributed by atoms with Gasteiger partial charge in [0.05, 0.1) is 17.1 Å². The molecule has 0 radical (unpaired) electrons. The molecule has 1 saturated heterocycles. The maximum absolute atomic E-state index is 11.7. The standard InChI is InChI=1S/C12H23NO3S/c1-2-5-12(14,10-3-4-10)11(8-13)6-7-17(15,16)9-11/h10,14H,2-9,13H2,1H3. The van der Waals surface area contributed by atoms with Crippen LogP contribution in [0.2, 0.25) is 0 Å². The van der Waals surface area contributed by atoms with Gasteiger partial charge in [0, 0.05) is 12.0 Å². The van der Waals surface area contributed by atoms with Crippen LogP contribution in [0, 0.1) is 11.3 Å². The monoisotopic (exact) mass is 261 g/mol. The van der Waals surface area contributed by atoms with Crippen LogP contribution in [0.1, 0.15) is 39.0 Å². The fourth-order valence-electron chi connectivity index (χ4n) is 3.44. The van der Waals surface area contributed by atoms with E-state index in [1.807, 2.05) is 6.92 Å². The predicted molar refractivity (Wildman–Crippen MR) is 67.3 cm³/mol. The zero-order chi connectivity index (χ0) is 12.7. The summed E-state index contributed by atoms with van der Waals surface area (Å²) in [5, 5.41) is 11.0. The van der Waals surface area contributed by atoms with E-state index in [0.29, 0.717) is 12.8 Å². The third-order valence-electron chi connectivity index (χ3n) is 4.58. The van der Waals surface area contributed by atoms with E-state index in [-0.39, 0.29) is 24.0 Å². The van der Waals surface area contributed by atoms with Crippen molar-refractivity contribution in [2.24, 2.45) is 17.1 Å². The second-order valence-corrected chi connectivity index (χ2v) is 7.96. The van der Waals surface area contributed by atoms with Crippen LogP contribution < -0.4 is 5.73 Å². The lowest BCUT2D eigenvalue weighted by Crippen LogP contribution is -2.55. The fourth-order valence-corrected chi connectivity index (χ4v) is 5.64. The molecular formula is C12H23NO3S. The first kappa shape index (κ1) is 13.3. The van der Waals surface area contributed by atoms with Gasteiger partial charge < -0.3 is 10.8 Å². The molecule has 1 aliphatic carbocycles. The summed E-state index contributed by atoms with van der Waals surface area (Å²) >= 11 is 0. The first-order valence-corrected chi connectivity index (χ1v) is 8.34. The van der Waals surface area contributed by atoms with Crippen LogP contribution in [0.5, 0.6) is 0 Å². The van der Waals surface area contributed by atoms with Gasteiger partial charge in [0.1, 0.15) is 0 Å². The molecule has 2 unspecified atom stereocenters. The van der Waals surface area contributed by atoms with Gasteiger partial charge in [-0.2, -0.15) is 0 Å². The molecule has 1 heterocycles. The van der Waals surface area contributed by atoms with Crippen molar-refractivity contribution in [1.29, 1.82) is 0 Å². The molecule has 2 aliphatic rings. The second-order valence-electron chi connectivity index (χ2n) is 5.78. The Morgan fingerprint density at radius 3 is 2.47 bits per heavy atom. The predicted octanol–water partition coefficient (Wildman–Crippen LogP) is 0.691. The van der Waals surface area contributed by atoms with Crippen molar-refractivity contribution < 1.29 is 13.5 Å². The minimum absolute atomic E-state index is 0.0729. The highest BCUT2D eigenvalue weighted by Crippen LogP contribution is 2.54. The normalized spacial score (nSPS) is 35.7. The first-order valence-electron chi connectivity index (χ1n) is 6.52. The minimum Gasteiger partial charge on any atom is -0.389 e. The molecule has 1 saturated carbocycles. The Morgan fingerprint density at radius 1 is 1.47 bits per heavy atom. The van der Waals surface area contributed by atoms with Gasteiger partial charge in [0.25, 0.3) is 0 Å². The van der Waals surface area contributed by atoms with Crippen molar-refractivity contribution in [1.82, 2.24) is 0 Å². The summed E-state index contributed by atoms with van der Waals surface area (Å²) in [7, 11) is -3.01. The van der Waals surface area contributed by atoms with Crippen LogP contribution in [-0.2, 0) is 9.84 Å². The molecule has 0 amide bonds. The lowest BCUT2D eigenvalue weighted by atomic mass is 9.66. The summed E-state index contributed by atoms with van der Waals surface area (Å²) in [4.78, 5) is 0. The first-order chi connectivity index (χ1) is 7.89. The summed E-state index contributed by atoms with van der Waals surface area (Å²) in [6, 6.07) is 0. The Bertz CT molecular complexity index is 391. The number of aliphatic hydroxyl groups is 1. The molecule has 100 valence electrons. The maximum Gasteiger partial charge on any atom is 0.151 e. The summed E-state index contributed by atoms with van der Waals surface area (Å²) in [5.74, 6) is 0.520. The molecule has 2 fully saturated rings. The number of nitrogens with two attached hydrogens (primary N) is 1. The van der Waals surface area contributed by atoms with E-state index in [1.165, 1.54) is 0 Å². The van der Waals surface area contributed by atoms with E-state index in [1.54, 1.807) is 0 Å². The van der Waals surface area contributed by atoms with Gasteiger partial charge in [-0.05, 0) is 31.6 Å². The average Bonchev–Trinajstić information content (AvgIpc) is 3.04. The van der Waals surface area contributed by atoms with Gasteiger partial charge >= 0.3 is 0 Å². The van der Waals surface area contributed by atoms with Crippen LogP contribution in [0.4, 0.5) is 0 Å². The SMILES string of the molecule is CCCC(O)(C1CC1)C1(CN)CCS(=O)(=O)C1. The highest BCUT2D eigenvalue weighted by Gasteiger charge is 2.60. The van der Waals surface area contributed by atoms with Crippen LogP contribution in [0.15, 0.2) is 0 Å². The van der Waals surface area contributed by atoms with Crippen LogP contribution in [0.25, 0.3) is 0 Å². The minimum atomic E-state index is -3.01. The van der Waals surface area contributed by atoms with Crippen LogP contribution in [0.3, 0.4) is 0 Å². The van der Waals surface area contributed by atoms with E-state index in [2.05, 4.69) is 0 Å². The van der Waals surface area contributed by atoms with Crippen molar-refractivity contribution in [3.05, 3.63) is 0 Å². The van der Waals surface area contributed by atoms with Crippen LogP contribution >= 0.6 is 0 Å². The van der Waals surface area contributed by atoms with E-state index >= 15 is 0 Å². The van der Waals surface area contributed by atoms with Crippen molar-refractivity contribution in [2.45, 2.75) is 44.6 Å². The van der Waals surface area contributed by atoms with Crippen molar-refractivity contribution in [3.63, 3.8) is 0 Å².